The summed E-state index contributed by atoms with van der Waals surface area (Å²) in [6.07, 6.45) is 7.30. The number of carbonyl (C=O) groups is 1. The Bertz CT molecular complexity index is 753. The number of aromatic nitrogens is 4. The Morgan fingerprint density at radius 2 is 2.08 bits per heavy atom. The molecule has 1 N–H and O–H groups in total. The molecular formula is C18H25N7O. The number of hydrogen-bond acceptors (Lipinski definition) is 5. The molecule has 0 spiro atoms. The maximum atomic E-state index is 12.5. The molecule has 2 amide bonds. The summed E-state index contributed by atoms with van der Waals surface area (Å²) in [5.41, 5.74) is 2.24. The first-order chi connectivity index (χ1) is 12.7. The van der Waals surface area contributed by atoms with Crippen molar-refractivity contribution in [1.29, 1.82) is 0 Å². The highest BCUT2D eigenvalue weighted by atomic mass is 16.2. The number of nitrogens with one attached hydrogen (secondary N) is 1. The zero-order chi connectivity index (χ0) is 17.9. The Balaban J connectivity index is 1.29. The predicted octanol–water partition coefficient (Wildman–Crippen LogP) is 1.83. The van der Waals surface area contributed by atoms with Gasteiger partial charge in [0.15, 0.2) is 5.82 Å². The number of nitrogens with zero attached hydrogens (tertiary/aromatic N) is 6. The second-order valence-electron chi connectivity index (χ2n) is 7.19. The third kappa shape index (κ3) is 4.19. The van der Waals surface area contributed by atoms with Crippen LogP contribution in [0.3, 0.4) is 0 Å². The van der Waals surface area contributed by atoms with Crippen LogP contribution in [0.5, 0.6) is 0 Å². The largest absolute Gasteiger partial charge is 0.323 e. The lowest BCUT2D eigenvalue weighted by Crippen LogP contribution is -2.38. The van der Waals surface area contributed by atoms with E-state index in [1.54, 1.807) is 0 Å². The molecule has 8 heteroatoms. The molecule has 0 unspecified atom stereocenters. The van der Waals surface area contributed by atoms with Gasteiger partial charge in [-0.05, 0) is 31.4 Å². The van der Waals surface area contributed by atoms with Gasteiger partial charge in [-0.3, -0.25) is 14.9 Å². The molecule has 3 heterocycles. The van der Waals surface area contributed by atoms with Gasteiger partial charge >= 0.3 is 6.03 Å². The van der Waals surface area contributed by atoms with E-state index < -0.39 is 0 Å². The zero-order valence-corrected chi connectivity index (χ0v) is 15.1. The van der Waals surface area contributed by atoms with Crippen molar-refractivity contribution in [3.63, 3.8) is 0 Å². The summed E-state index contributed by atoms with van der Waals surface area (Å²) in [5.74, 6) is 1.10. The molecule has 1 saturated carbocycles. The first-order valence-electron chi connectivity index (χ1n) is 9.27. The van der Waals surface area contributed by atoms with Gasteiger partial charge in [0.25, 0.3) is 0 Å². The van der Waals surface area contributed by atoms with Crippen LogP contribution in [0.1, 0.15) is 36.4 Å². The summed E-state index contributed by atoms with van der Waals surface area (Å²) < 4.78 is 1.82. The molecule has 2 aromatic rings. The van der Waals surface area contributed by atoms with Crippen molar-refractivity contribution in [3.8, 4) is 0 Å². The van der Waals surface area contributed by atoms with Crippen LogP contribution >= 0.6 is 0 Å². The Labute approximate surface area is 153 Å². The number of rotatable bonds is 4. The van der Waals surface area contributed by atoms with Gasteiger partial charge in [-0.1, -0.05) is 0 Å². The molecule has 0 bridgehead atoms. The lowest BCUT2D eigenvalue weighted by atomic mass is 10.3. The van der Waals surface area contributed by atoms with E-state index in [1.165, 1.54) is 18.4 Å². The highest BCUT2D eigenvalue weighted by Gasteiger charge is 2.25. The third-order valence-corrected chi connectivity index (χ3v) is 4.96. The van der Waals surface area contributed by atoms with Crippen molar-refractivity contribution in [1.82, 2.24) is 29.8 Å². The van der Waals surface area contributed by atoms with Gasteiger partial charge < -0.3 is 4.90 Å². The Kier molecular flexibility index (Phi) is 4.83. The number of urea groups is 1. The fourth-order valence-corrected chi connectivity index (χ4v) is 3.34. The normalized spacial score (nSPS) is 18.6. The van der Waals surface area contributed by atoms with Crippen molar-refractivity contribution >= 4 is 11.8 Å². The smallest absolute Gasteiger partial charge is 0.323 e. The van der Waals surface area contributed by atoms with Crippen LogP contribution in [0.15, 0.2) is 24.5 Å². The predicted molar refractivity (Wildman–Crippen MR) is 97.7 cm³/mol. The molecule has 2 aliphatic rings. The summed E-state index contributed by atoms with van der Waals surface area (Å²) in [6.45, 7) is 4.17. The quantitative estimate of drug-likeness (QED) is 0.905. The standard InChI is InChI=1S/C18H25N7O/c1-23-12-14(11-19-23)13-24-7-2-8-25(10-9-24)18(26)20-17-6-5-16(21-22-17)15-3-4-15/h5-6,11-12,15H,2-4,7-10,13H2,1H3,(H,20,22,26). The van der Waals surface area contributed by atoms with Gasteiger partial charge in [-0.2, -0.15) is 10.2 Å². The monoisotopic (exact) mass is 355 g/mol. The maximum absolute atomic E-state index is 12.5. The van der Waals surface area contributed by atoms with Crippen LogP contribution in [0.4, 0.5) is 10.6 Å². The van der Waals surface area contributed by atoms with Gasteiger partial charge in [0, 0.05) is 57.4 Å². The Hall–Kier alpha value is -2.48. The maximum Gasteiger partial charge on any atom is 0.323 e. The van der Waals surface area contributed by atoms with Crippen LogP contribution in [0.2, 0.25) is 0 Å². The van der Waals surface area contributed by atoms with E-state index in [2.05, 4.69) is 25.5 Å². The molecule has 138 valence electrons. The Morgan fingerprint density at radius 1 is 1.19 bits per heavy atom. The first kappa shape index (κ1) is 17.0. The summed E-state index contributed by atoms with van der Waals surface area (Å²) in [7, 11) is 1.93. The van der Waals surface area contributed by atoms with Crippen molar-refractivity contribution in [2.24, 2.45) is 7.05 Å². The first-order valence-corrected chi connectivity index (χ1v) is 9.27. The van der Waals surface area contributed by atoms with Crippen molar-refractivity contribution in [2.45, 2.75) is 31.7 Å². The lowest BCUT2D eigenvalue weighted by Gasteiger charge is -2.21. The fourth-order valence-electron chi connectivity index (χ4n) is 3.34. The molecule has 4 rings (SSSR count). The second-order valence-corrected chi connectivity index (χ2v) is 7.19. The van der Waals surface area contributed by atoms with Crippen LogP contribution < -0.4 is 5.32 Å². The Morgan fingerprint density at radius 3 is 2.77 bits per heavy atom. The van der Waals surface area contributed by atoms with Crippen LogP contribution in [0.25, 0.3) is 0 Å². The summed E-state index contributed by atoms with van der Waals surface area (Å²) in [4.78, 5) is 16.8. The minimum atomic E-state index is -0.0956. The molecule has 0 atom stereocenters. The lowest BCUT2D eigenvalue weighted by molar-refractivity contribution is 0.211. The zero-order valence-electron chi connectivity index (χ0n) is 15.1. The van der Waals surface area contributed by atoms with Gasteiger partial charge in [-0.15, -0.1) is 5.10 Å². The van der Waals surface area contributed by atoms with Crippen molar-refractivity contribution in [2.75, 3.05) is 31.5 Å². The molecule has 2 aromatic heterocycles. The molecule has 0 aromatic carbocycles. The van der Waals surface area contributed by atoms with E-state index >= 15 is 0 Å². The second kappa shape index (κ2) is 7.41. The van der Waals surface area contributed by atoms with Gasteiger partial charge in [0.2, 0.25) is 0 Å². The molecule has 0 radical (unpaired) electrons. The van der Waals surface area contributed by atoms with Crippen LogP contribution in [-0.4, -0.2) is 62.0 Å². The number of hydrogen-bond donors (Lipinski definition) is 1. The minimum absolute atomic E-state index is 0.0956. The molecule has 1 aliphatic carbocycles. The van der Waals surface area contributed by atoms with E-state index in [4.69, 9.17) is 0 Å². The molecule has 8 nitrogen and oxygen atoms in total. The molecule has 1 aliphatic heterocycles. The topological polar surface area (TPSA) is 79.2 Å². The summed E-state index contributed by atoms with van der Waals surface area (Å²) >= 11 is 0. The number of amides is 2. The van der Waals surface area contributed by atoms with E-state index in [1.807, 2.05) is 41.2 Å². The number of carbonyl (C=O) groups excluding carboxylic acids is 1. The van der Waals surface area contributed by atoms with E-state index in [0.29, 0.717) is 18.3 Å². The highest BCUT2D eigenvalue weighted by molar-refractivity contribution is 5.88. The van der Waals surface area contributed by atoms with Crippen molar-refractivity contribution in [3.05, 3.63) is 35.8 Å². The molecule has 26 heavy (non-hydrogen) atoms. The number of anilines is 1. The van der Waals surface area contributed by atoms with Gasteiger partial charge in [0.1, 0.15) is 0 Å². The summed E-state index contributed by atoms with van der Waals surface area (Å²) in [6, 6.07) is 3.73. The highest BCUT2D eigenvalue weighted by Crippen LogP contribution is 2.38. The average Bonchev–Trinajstić information content (AvgIpc) is 3.43. The fraction of sp³-hybridized carbons (Fsp3) is 0.556. The molecule has 2 fully saturated rings. The molecule has 1 saturated heterocycles. The van der Waals surface area contributed by atoms with E-state index in [-0.39, 0.29) is 6.03 Å². The third-order valence-electron chi connectivity index (χ3n) is 4.96. The van der Waals surface area contributed by atoms with Crippen molar-refractivity contribution < 1.29 is 4.79 Å². The summed E-state index contributed by atoms with van der Waals surface area (Å²) in [5, 5.41) is 15.5. The van der Waals surface area contributed by atoms with Crippen LogP contribution in [-0.2, 0) is 13.6 Å². The molecular weight excluding hydrogens is 330 g/mol. The number of aryl methyl sites for hydroxylation is 1. The SMILES string of the molecule is Cn1cc(CN2CCCN(C(=O)Nc3ccc(C4CC4)nn3)CC2)cn1. The van der Waals surface area contributed by atoms with Gasteiger partial charge in [-0.25, -0.2) is 4.79 Å². The van der Waals surface area contributed by atoms with Crippen LogP contribution in [0, 0.1) is 0 Å². The average molecular weight is 355 g/mol. The van der Waals surface area contributed by atoms with Gasteiger partial charge in [0.05, 0.1) is 11.9 Å². The minimum Gasteiger partial charge on any atom is -0.323 e. The van der Waals surface area contributed by atoms with E-state index in [0.717, 1.165) is 38.3 Å². The van der Waals surface area contributed by atoms with E-state index in [9.17, 15) is 4.79 Å².